The molecule has 0 aliphatic rings. The van der Waals surface area contributed by atoms with Crippen molar-refractivity contribution in [1.29, 1.82) is 0 Å². The van der Waals surface area contributed by atoms with Crippen LogP contribution in [0.5, 0.6) is 0 Å². The minimum absolute atomic E-state index is 0.246. The van der Waals surface area contributed by atoms with Crippen LogP contribution in [0.1, 0.15) is 27.7 Å². The number of halogens is 1. The molecular formula is C14H21FN2O3S. The monoisotopic (exact) mass is 316 g/mol. The molecule has 0 saturated heterocycles. The molecule has 1 atom stereocenters. The van der Waals surface area contributed by atoms with Crippen molar-refractivity contribution in [1.82, 2.24) is 5.32 Å². The average molecular weight is 316 g/mol. The molecule has 21 heavy (non-hydrogen) atoms. The number of nitrogens with one attached hydrogen (secondary N) is 1. The summed E-state index contributed by atoms with van der Waals surface area (Å²) < 4.78 is 37.9. The molecule has 0 fully saturated rings. The molecule has 7 heteroatoms. The van der Waals surface area contributed by atoms with Crippen molar-refractivity contribution in [3.05, 3.63) is 30.1 Å². The Labute approximate surface area is 125 Å². The van der Waals surface area contributed by atoms with Gasteiger partial charge in [-0.05, 0) is 52.0 Å². The third kappa shape index (κ3) is 5.00. The normalized spacial score (nSPS) is 13.6. The summed E-state index contributed by atoms with van der Waals surface area (Å²) >= 11 is 0. The van der Waals surface area contributed by atoms with Crippen molar-refractivity contribution in [2.24, 2.45) is 0 Å². The van der Waals surface area contributed by atoms with Crippen LogP contribution >= 0.6 is 0 Å². The summed E-state index contributed by atoms with van der Waals surface area (Å²) in [6.07, 6.45) is 1.01. The average Bonchev–Trinajstić information content (AvgIpc) is 2.27. The van der Waals surface area contributed by atoms with E-state index >= 15 is 0 Å². The van der Waals surface area contributed by atoms with Crippen LogP contribution in [0.2, 0.25) is 0 Å². The maximum Gasteiger partial charge on any atom is 0.244 e. The maximum atomic E-state index is 13.0. The number of amides is 1. The summed E-state index contributed by atoms with van der Waals surface area (Å²) in [5.74, 6) is -0.892. The van der Waals surface area contributed by atoms with Crippen LogP contribution in [0, 0.1) is 5.82 Å². The molecule has 0 aliphatic heterocycles. The molecule has 0 saturated carbocycles. The molecule has 0 heterocycles. The highest BCUT2D eigenvalue weighted by Crippen LogP contribution is 2.21. The third-order valence-electron chi connectivity index (χ3n) is 2.67. The van der Waals surface area contributed by atoms with Gasteiger partial charge in [0.25, 0.3) is 0 Å². The van der Waals surface area contributed by atoms with Crippen molar-refractivity contribution >= 4 is 21.6 Å². The van der Waals surface area contributed by atoms with E-state index in [1.54, 1.807) is 20.8 Å². The van der Waals surface area contributed by atoms with Crippen LogP contribution < -0.4 is 9.62 Å². The fourth-order valence-corrected chi connectivity index (χ4v) is 3.05. The van der Waals surface area contributed by atoms with E-state index in [0.717, 1.165) is 22.7 Å². The van der Waals surface area contributed by atoms with Crippen molar-refractivity contribution in [2.45, 2.75) is 39.3 Å². The van der Waals surface area contributed by atoms with Gasteiger partial charge in [-0.25, -0.2) is 12.8 Å². The lowest BCUT2D eigenvalue weighted by atomic mass is 10.1. The van der Waals surface area contributed by atoms with E-state index in [1.165, 1.54) is 19.1 Å². The summed E-state index contributed by atoms with van der Waals surface area (Å²) in [5.41, 5.74) is -0.229. The summed E-state index contributed by atoms with van der Waals surface area (Å²) in [6.45, 7) is 6.91. The number of carbonyl (C=O) groups excluding carboxylic acids is 1. The third-order valence-corrected chi connectivity index (χ3v) is 3.91. The number of carbonyl (C=O) groups is 1. The van der Waals surface area contributed by atoms with Crippen LogP contribution in [0.4, 0.5) is 10.1 Å². The predicted molar refractivity (Wildman–Crippen MR) is 81.1 cm³/mol. The minimum Gasteiger partial charge on any atom is -0.350 e. The van der Waals surface area contributed by atoms with Gasteiger partial charge >= 0.3 is 0 Å². The summed E-state index contributed by atoms with van der Waals surface area (Å²) in [7, 11) is -3.68. The number of hydrogen-bond donors (Lipinski definition) is 1. The van der Waals surface area contributed by atoms with Crippen LogP contribution in [-0.2, 0) is 14.8 Å². The molecule has 0 spiro atoms. The number of rotatable bonds is 4. The lowest BCUT2D eigenvalue weighted by Gasteiger charge is -2.31. The Bertz CT molecular complexity index is 606. The van der Waals surface area contributed by atoms with Gasteiger partial charge in [0.2, 0.25) is 15.9 Å². The quantitative estimate of drug-likeness (QED) is 0.922. The van der Waals surface area contributed by atoms with Gasteiger partial charge in [-0.1, -0.05) is 0 Å². The molecular weight excluding hydrogens is 295 g/mol. The largest absolute Gasteiger partial charge is 0.350 e. The van der Waals surface area contributed by atoms with Gasteiger partial charge in [0.15, 0.2) is 0 Å². The molecule has 1 rings (SSSR count). The Balaban J connectivity index is 3.15. The number of benzene rings is 1. The Morgan fingerprint density at radius 2 is 1.71 bits per heavy atom. The minimum atomic E-state index is -3.68. The van der Waals surface area contributed by atoms with Gasteiger partial charge in [0.05, 0.1) is 11.9 Å². The second kappa shape index (κ2) is 6.01. The number of hydrogen-bond acceptors (Lipinski definition) is 3. The number of anilines is 1. The van der Waals surface area contributed by atoms with Crippen LogP contribution in [0.25, 0.3) is 0 Å². The van der Waals surface area contributed by atoms with E-state index in [1.807, 2.05) is 0 Å². The van der Waals surface area contributed by atoms with Gasteiger partial charge in [0, 0.05) is 5.54 Å². The van der Waals surface area contributed by atoms with E-state index in [9.17, 15) is 17.6 Å². The highest BCUT2D eigenvalue weighted by Gasteiger charge is 2.30. The Kier molecular flexibility index (Phi) is 4.99. The molecule has 118 valence electrons. The zero-order chi connectivity index (χ0) is 16.4. The first kappa shape index (κ1) is 17.4. The van der Waals surface area contributed by atoms with E-state index < -0.39 is 33.3 Å². The fraction of sp³-hybridized carbons (Fsp3) is 0.500. The van der Waals surface area contributed by atoms with Crippen LogP contribution in [0.3, 0.4) is 0 Å². The summed E-state index contributed by atoms with van der Waals surface area (Å²) in [4.78, 5) is 12.2. The van der Waals surface area contributed by atoms with Crippen molar-refractivity contribution < 1.29 is 17.6 Å². The van der Waals surface area contributed by atoms with Gasteiger partial charge in [0.1, 0.15) is 11.9 Å². The van der Waals surface area contributed by atoms with E-state index in [-0.39, 0.29) is 5.69 Å². The predicted octanol–water partition coefficient (Wildman–Crippen LogP) is 1.89. The summed E-state index contributed by atoms with van der Waals surface area (Å²) in [5, 5.41) is 2.73. The van der Waals surface area contributed by atoms with E-state index in [2.05, 4.69) is 5.32 Å². The van der Waals surface area contributed by atoms with Crippen molar-refractivity contribution in [3.8, 4) is 0 Å². The Morgan fingerprint density at radius 1 is 1.24 bits per heavy atom. The lowest BCUT2D eigenvalue weighted by Crippen LogP contribution is -2.52. The summed E-state index contributed by atoms with van der Waals surface area (Å²) in [6, 6.07) is 4.03. The second-order valence-electron chi connectivity index (χ2n) is 5.95. The number of nitrogens with zero attached hydrogens (tertiary/aromatic N) is 1. The van der Waals surface area contributed by atoms with Gasteiger partial charge in [-0.3, -0.25) is 9.10 Å². The standard InChI is InChI=1S/C14H21FN2O3S/c1-10(13(18)16-14(2,3)4)17(21(5,19)20)12-8-6-11(15)7-9-12/h6-10H,1-5H3,(H,16,18). The first-order chi connectivity index (χ1) is 9.42. The van der Waals surface area contributed by atoms with Gasteiger partial charge in [-0.15, -0.1) is 0 Å². The van der Waals surface area contributed by atoms with E-state index in [0.29, 0.717) is 0 Å². The molecule has 0 bridgehead atoms. The molecule has 0 aliphatic carbocycles. The highest BCUT2D eigenvalue weighted by atomic mass is 32.2. The second-order valence-corrected chi connectivity index (χ2v) is 7.81. The first-order valence-corrected chi connectivity index (χ1v) is 8.33. The van der Waals surface area contributed by atoms with Crippen LogP contribution in [0.15, 0.2) is 24.3 Å². The zero-order valence-electron chi connectivity index (χ0n) is 12.8. The molecule has 1 aromatic rings. The molecule has 0 aromatic heterocycles. The smallest absolute Gasteiger partial charge is 0.244 e. The molecule has 1 unspecified atom stereocenters. The Hall–Kier alpha value is -1.63. The zero-order valence-corrected chi connectivity index (χ0v) is 13.7. The first-order valence-electron chi connectivity index (χ1n) is 6.49. The van der Waals surface area contributed by atoms with Crippen molar-refractivity contribution in [3.63, 3.8) is 0 Å². The fourth-order valence-electron chi connectivity index (χ4n) is 1.87. The molecule has 1 aromatic carbocycles. The molecule has 5 nitrogen and oxygen atoms in total. The van der Waals surface area contributed by atoms with Crippen LogP contribution in [-0.4, -0.2) is 32.2 Å². The highest BCUT2D eigenvalue weighted by molar-refractivity contribution is 7.92. The lowest BCUT2D eigenvalue weighted by molar-refractivity contribution is -0.123. The topological polar surface area (TPSA) is 66.5 Å². The molecule has 1 N–H and O–H groups in total. The van der Waals surface area contributed by atoms with Gasteiger partial charge in [-0.2, -0.15) is 0 Å². The van der Waals surface area contributed by atoms with Crippen molar-refractivity contribution in [2.75, 3.05) is 10.6 Å². The van der Waals surface area contributed by atoms with Gasteiger partial charge < -0.3 is 5.32 Å². The number of sulfonamides is 1. The Morgan fingerprint density at radius 3 is 2.10 bits per heavy atom. The maximum absolute atomic E-state index is 13.0. The molecule has 1 amide bonds. The molecule has 0 radical (unpaired) electrons. The van der Waals surface area contributed by atoms with E-state index in [4.69, 9.17) is 0 Å². The SMILES string of the molecule is CC(C(=O)NC(C)(C)C)N(c1ccc(F)cc1)S(C)(=O)=O.